The lowest BCUT2D eigenvalue weighted by molar-refractivity contribution is 0.104. The highest BCUT2D eigenvalue weighted by Crippen LogP contribution is 2.21. The Morgan fingerprint density at radius 3 is 2.26 bits per heavy atom. The molecule has 3 nitrogen and oxygen atoms in total. The van der Waals surface area contributed by atoms with Gasteiger partial charge < -0.3 is 0 Å². The van der Waals surface area contributed by atoms with Crippen molar-refractivity contribution in [2.45, 2.75) is 4.90 Å². The Balaban J connectivity index is 2.22. The van der Waals surface area contributed by atoms with E-state index in [1.165, 1.54) is 17.8 Å². The molecular formula is C17H15ClO3S2. The number of ketones is 1. The van der Waals surface area contributed by atoms with E-state index in [1.54, 1.807) is 60.9 Å². The Morgan fingerprint density at radius 1 is 1.09 bits per heavy atom. The third-order valence-corrected chi connectivity index (χ3v) is 6.02. The third-order valence-electron chi connectivity index (χ3n) is 3.12. The first kappa shape index (κ1) is 17.8. The fourth-order valence-corrected chi connectivity index (χ4v) is 4.39. The number of carbonyl (C=O) groups excluding carboxylic acids is 1. The molecule has 2 aromatic carbocycles. The van der Waals surface area contributed by atoms with Gasteiger partial charge in [-0.1, -0.05) is 29.8 Å². The molecule has 0 fully saturated rings. The minimum Gasteiger partial charge on any atom is -0.289 e. The highest BCUT2D eigenvalue weighted by atomic mass is 35.5. The van der Waals surface area contributed by atoms with Gasteiger partial charge in [-0.25, -0.2) is 8.42 Å². The summed E-state index contributed by atoms with van der Waals surface area (Å²) >= 11 is 7.05. The number of halogens is 1. The van der Waals surface area contributed by atoms with Crippen molar-refractivity contribution in [3.05, 3.63) is 76.2 Å². The van der Waals surface area contributed by atoms with E-state index in [9.17, 15) is 13.2 Å². The van der Waals surface area contributed by atoms with E-state index in [0.717, 1.165) is 0 Å². The van der Waals surface area contributed by atoms with Gasteiger partial charge in [0.2, 0.25) is 0 Å². The minimum atomic E-state index is -3.47. The second-order valence-electron chi connectivity index (χ2n) is 4.76. The summed E-state index contributed by atoms with van der Waals surface area (Å²) in [5, 5.41) is 0.544. The number of rotatable bonds is 6. The molecule has 0 amide bonds. The zero-order valence-electron chi connectivity index (χ0n) is 12.4. The molecule has 0 N–H and O–H groups in total. The van der Waals surface area contributed by atoms with Gasteiger partial charge in [-0.2, -0.15) is 0 Å². The maximum Gasteiger partial charge on any atom is 0.186 e. The van der Waals surface area contributed by atoms with Crippen molar-refractivity contribution in [1.82, 2.24) is 0 Å². The van der Waals surface area contributed by atoms with Crippen LogP contribution >= 0.6 is 23.4 Å². The van der Waals surface area contributed by atoms with Crippen LogP contribution in [-0.2, 0) is 9.84 Å². The quantitative estimate of drug-likeness (QED) is 0.566. The molecule has 2 aromatic rings. The number of sulfone groups is 1. The summed E-state index contributed by atoms with van der Waals surface area (Å²) in [5.41, 5.74) is 0.470. The molecule has 0 heterocycles. The maximum absolute atomic E-state index is 12.4. The van der Waals surface area contributed by atoms with Gasteiger partial charge >= 0.3 is 0 Å². The van der Waals surface area contributed by atoms with E-state index in [0.29, 0.717) is 15.5 Å². The molecule has 0 unspecified atom stereocenters. The number of benzene rings is 2. The summed E-state index contributed by atoms with van der Waals surface area (Å²) in [6.07, 6.45) is 3.12. The van der Waals surface area contributed by atoms with Crippen LogP contribution in [0.25, 0.3) is 0 Å². The van der Waals surface area contributed by atoms with Gasteiger partial charge in [0.1, 0.15) is 0 Å². The van der Waals surface area contributed by atoms with Crippen molar-refractivity contribution in [2.24, 2.45) is 0 Å². The highest BCUT2D eigenvalue weighted by molar-refractivity contribution is 8.03. The van der Waals surface area contributed by atoms with Crippen LogP contribution in [0.4, 0.5) is 0 Å². The second-order valence-corrected chi connectivity index (χ2v) is 8.12. The van der Waals surface area contributed by atoms with Gasteiger partial charge in [-0.05, 0) is 48.7 Å². The van der Waals surface area contributed by atoms with Gasteiger partial charge in [0.25, 0.3) is 0 Å². The number of allylic oxidation sites excluding steroid dienone is 1. The number of carbonyl (C=O) groups is 1. The van der Waals surface area contributed by atoms with E-state index in [4.69, 9.17) is 11.6 Å². The van der Waals surface area contributed by atoms with Crippen LogP contribution < -0.4 is 0 Å². The molecule has 0 atom stereocenters. The van der Waals surface area contributed by atoms with Crippen molar-refractivity contribution >= 4 is 39.0 Å². The summed E-state index contributed by atoms with van der Waals surface area (Å²) in [6, 6.07) is 14.7. The van der Waals surface area contributed by atoms with E-state index in [-0.39, 0.29) is 16.4 Å². The molecular weight excluding hydrogens is 352 g/mol. The average molecular weight is 367 g/mol. The fourth-order valence-electron chi connectivity index (χ4n) is 1.90. The van der Waals surface area contributed by atoms with Crippen molar-refractivity contribution in [2.75, 3.05) is 12.0 Å². The molecule has 0 aromatic heterocycles. The lowest BCUT2D eigenvalue weighted by Gasteiger charge is -2.06. The predicted molar refractivity (Wildman–Crippen MR) is 95.9 cm³/mol. The van der Waals surface area contributed by atoms with E-state index in [1.807, 2.05) is 0 Å². The van der Waals surface area contributed by atoms with E-state index in [2.05, 4.69) is 0 Å². The minimum absolute atomic E-state index is 0.197. The smallest absolute Gasteiger partial charge is 0.186 e. The average Bonchev–Trinajstić information content (AvgIpc) is 2.55. The molecule has 0 aliphatic heterocycles. The molecule has 6 heteroatoms. The maximum atomic E-state index is 12.4. The summed E-state index contributed by atoms with van der Waals surface area (Å²) in [4.78, 5) is 13.0. The van der Waals surface area contributed by atoms with Gasteiger partial charge in [-0.3, -0.25) is 4.79 Å². The lowest BCUT2D eigenvalue weighted by Crippen LogP contribution is -2.09. The third kappa shape index (κ3) is 4.96. The monoisotopic (exact) mass is 366 g/mol. The first-order valence-electron chi connectivity index (χ1n) is 6.74. The van der Waals surface area contributed by atoms with E-state index < -0.39 is 9.84 Å². The Hall–Kier alpha value is -1.56. The molecule has 0 saturated carbocycles. The topological polar surface area (TPSA) is 51.2 Å². The number of hydrogen-bond acceptors (Lipinski definition) is 4. The van der Waals surface area contributed by atoms with Crippen LogP contribution in [0.1, 0.15) is 10.4 Å². The highest BCUT2D eigenvalue weighted by Gasteiger charge is 2.17. The standard InChI is InChI=1S/C17H15ClO3S2/c1-22-15(11-17(19)13-7-9-14(18)10-8-13)12-23(20,21)16-5-3-2-4-6-16/h2-11H,12H2,1H3/b15-11+. The molecule has 2 rings (SSSR count). The van der Waals surface area contributed by atoms with Crippen LogP contribution in [0.15, 0.2) is 70.5 Å². The molecule has 0 bridgehead atoms. The zero-order valence-corrected chi connectivity index (χ0v) is 14.8. The van der Waals surface area contributed by atoms with Gasteiger partial charge in [-0.15, -0.1) is 11.8 Å². The molecule has 120 valence electrons. The molecule has 0 aliphatic carbocycles. The normalized spacial score (nSPS) is 12.2. The molecule has 23 heavy (non-hydrogen) atoms. The predicted octanol–water partition coefficient (Wildman–Crippen LogP) is 4.24. The van der Waals surface area contributed by atoms with E-state index >= 15 is 0 Å². The van der Waals surface area contributed by atoms with Crippen LogP contribution in [0.2, 0.25) is 5.02 Å². The largest absolute Gasteiger partial charge is 0.289 e. The van der Waals surface area contributed by atoms with Crippen LogP contribution in [0.3, 0.4) is 0 Å². The first-order valence-corrected chi connectivity index (χ1v) is 10.00. The Morgan fingerprint density at radius 2 is 1.70 bits per heavy atom. The lowest BCUT2D eigenvalue weighted by atomic mass is 10.1. The summed E-state index contributed by atoms with van der Waals surface area (Å²) < 4.78 is 24.8. The molecule has 0 radical (unpaired) electrons. The SMILES string of the molecule is CS/C(=C/C(=O)c1ccc(Cl)cc1)CS(=O)(=O)c1ccccc1. The number of thioether (sulfide) groups is 1. The molecule has 0 aliphatic rings. The fraction of sp³-hybridized carbons (Fsp3) is 0.118. The van der Waals surface area contributed by atoms with Crippen LogP contribution in [0.5, 0.6) is 0 Å². The molecule has 0 saturated heterocycles. The summed E-state index contributed by atoms with van der Waals surface area (Å²) in [5.74, 6) is -0.438. The van der Waals surface area contributed by atoms with Crippen LogP contribution in [-0.4, -0.2) is 26.2 Å². The van der Waals surface area contributed by atoms with Crippen LogP contribution in [0, 0.1) is 0 Å². The Bertz CT molecular complexity index is 811. The van der Waals surface area contributed by atoms with Crippen molar-refractivity contribution in [1.29, 1.82) is 0 Å². The van der Waals surface area contributed by atoms with Gasteiger partial charge in [0.05, 0.1) is 10.6 Å². The Kier molecular flexibility index (Phi) is 6.04. The summed E-state index contributed by atoms with van der Waals surface area (Å²) in [6.45, 7) is 0. The number of hydrogen-bond donors (Lipinski definition) is 0. The van der Waals surface area contributed by atoms with Crippen molar-refractivity contribution in [3.8, 4) is 0 Å². The molecule has 0 spiro atoms. The summed E-state index contributed by atoms with van der Waals surface area (Å²) in [7, 11) is -3.47. The zero-order chi connectivity index (χ0) is 16.9. The Labute approximate surface area is 145 Å². The van der Waals surface area contributed by atoms with Gasteiger partial charge in [0.15, 0.2) is 15.6 Å². The first-order chi connectivity index (χ1) is 10.9. The van der Waals surface area contributed by atoms with Crippen molar-refractivity contribution in [3.63, 3.8) is 0 Å². The van der Waals surface area contributed by atoms with Crippen molar-refractivity contribution < 1.29 is 13.2 Å². The van der Waals surface area contributed by atoms with Gasteiger partial charge in [0, 0.05) is 15.5 Å². The second kappa shape index (κ2) is 7.81.